The molecule has 1 saturated carbocycles. The maximum Gasteiger partial charge on any atom is 0.0122 e. The Kier molecular flexibility index (Phi) is 2.52. The second-order valence-electron chi connectivity index (χ2n) is 5.93. The number of hydrogen-bond donors (Lipinski definition) is 1. The van der Waals surface area contributed by atoms with Gasteiger partial charge in [-0.3, -0.25) is 0 Å². The van der Waals surface area contributed by atoms with Crippen LogP contribution in [0.3, 0.4) is 0 Å². The van der Waals surface area contributed by atoms with Gasteiger partial charge in [-0.2, -0.15) is 0 Å². The molecule has 2 nitrogen and oxygen atoms in total. The van der Waals surface area contributed by atoms with Crippen LogP contribution in [0.25, 0.3) is 0 Å². The van der Waals surface area contributed by atoms with Crippen LogP contribution in [0.1, 0.15) is 38.5 Å². The van der Waals surface area contributed by atoms with Gasteiger partial charge >= 0.3 is 0 Å². The molecule has 0 radical (unpaired) electrons. The van der Waals surface area contributed by atoms with Gasteiger partial charge in [-0.05, 0) is 64.5 Å². The summed E-state index contributed by atoms with van der Waals surface area (Å²) in [6.07, 6.45) is 8.78. The van der Waals surface area contributed by atoms with Crippen molar-refractivity contribution in [3.63, 3.8) is 0 Å². The molecule has 2 heterocycles. The molecule has 86 valence electrons. The summed E-state index contributed by atoms with van der Waals surface area (Å²) in [7, 11) is 4.51. The molecule has 1 aliphatic carbocycles. The minimum Gasteiger partial charge on any atom is -0.316 e. The Morgan fingerprint density at radius 1 is 1.00 bits per heavy atom. The average molecular weight is 208 g/mol. The smallest absolute Gasteiger partial charge is 0.0122 e. The summed E-state index contributed by atoms with van der Waals surface area (Å²) in [4.78, 5) is 2.65. The van der Waals surface area contributed by atoms with E-state index in [9.17, 15) is 0 Å². The summed E-state index contributed by atoms with van der Waals surface area (Å²) in [6, 6.07) is 2.65. The van der Waals surface area contributed by atoms with Crippen LogP contribution in [-0.4, -0.2) is 37.1 Å². The number of nitrogens with one attached hydrogen (secondary N) is 1. The molecule has 3 fully saturated rings. The minimum atomic E-state index is 0.835. The number of rotatable bonds is 3. The van der Waals surface area contributed by atoms with Crippen LogP contribution in [0.15, 0.2) is 0 Å². The molecule has 2 aliphatic heterocycles. The van der Waals surface area contributed by atoms with Gasteiger partial charge in [0.2, 0.25) is 0 Å². The lowest BCUT2D eigenvalue weighted by Gasteiger charge is -2.40. The van der Waals surface area contributed by atoms with E-state index in [1.54, 1.807) is 0 Å². The maximum atomic E-state index is 3.60. The first-order chi connectivity index (χ1) is 7.29. The van der Waals surface area contributed by atoms with E-state index in [0.717, 1.165) is 30.0 Å². The maximum absolute atomic E-state index is 3.60. The molecule has 3 aliphatic rings. The monoisotopic (exact) mass is 208 g/mol. The molecule has 0 spiro atoms. The van der Waals surface area contributed by atoms with Crippen molar-refractivity contribution in [2.75, 3.05) is 14.1 Å². The Balaban J connectivity index is 1.68. The zero-order chi connectivity index (χ0) is 10.4. The molecule has 3 unspecified atom stereocenters. The fraction of sp³-hybridized carbons (Fsp3) is 1.00. The van der Waals surface area contributed by atoms with Gasteiger partial charge < -0.3 is 10.2 Å². The second kappa shape index (κ2) is 3.74. The van der Waals surface area contributed by atoms with Crippen LogP contribution in [0.2, 0.25) is 0 Å². The third-order valence-corrected chi connectivity index (χ3v) is 5.11. The predicted octanol–water partition coefficient (Wildman–Crippen LogP) is 1.86. The predicted molar refractivity (Wildman–Crippen MR) is 62.9 cm³/mol. The first kappa shape index (κ1) is 10.1. The van der Waals surface area contributed by atoms with Crippen molar-refractivity contribution in [1.29, 1.82) is 0 Å². The van der Waals surface area contributed by atoms with E-state index in [-0.39, 0.29) is 0 Å². The highest BCUT2D eigenvalue weighted by atomic mass is 15.2. The minimum absolute atomic E-state index is 0.835. The van der Waals surface area contributed by atoms with E-state index in [4.69, 9.17) is 0 Å². The van der Waals surface area contributed by atoms with Crippen LogP contribution in [0.4, 0.5) is 0 Å². The lowest BCUT2D eigenvalue weighted by molar-refractivity contribution is 0.109. The Hall–Kier alpha value is -0.0800. The van der Waals surface area contributed by atoms with Crippen molar-refractivity contribution in [3.8, 4) is 0 Å². The highest BCUT2D eigenvalue weighted by molar-refractivity contribution is 5.00. The van der Waals surface area contributed by atoms with E-state index in [1.165, 1.54) is 38.5 Å². The van der Waals surface area contributed by atoms with Crippen LogP contribution in [0, 0.1) is 11.8 Å². The van der Waals surface area contributed by atoms with Crippen molar-refractivity contribution in [1.82, 2.24) is 10.2 Å². The van der Waals surface area contributed by atoms with Gasteiger partial charge in [-0.25, -0.2) is 0 Å². The van der Waals surface area contributed by atoms with Gasteiger partial charge in [-0.15, -0.1) is 0 Å². The van der Waals surface area contributed by atoms with Crippen molar-refractivity contribution >= 4 is 0 Å². The van der Waals surface area contributed by atoms with Crippen LogP contribution in [0.5, 0.6) is 0 Å². The highest BCUT2D eigenvalue weighted by Gasteiger charge is 2.44. The largest absolute Gasteiger partial charge is 0.316 e. The molecular formula is C13H24N2. The summed E-state index contributed by atoms with van der Waals surface area (Å²) in [6.45, 7) is 0. The molecule has 0 aromatic carbocycles. The Morgan fingerprint density at radius 3 is 2.07 bits per heavy atom. The molecule has 0 aromatic heterocycles. The number of fused-ring (bicyclic) bond motifs is 2. The van der Waals surface area contributed by atoms with Crippen molar-refractivity contribution < 1.29 is 0 Å². The first-order valence-corrected chi connectivity index (χ1v) is 6.68. The number of piperidine rings is 1. The Labute approximate surface area is 93.4 Å². The average Bonchev–Trinajstić information content (AvgIpc) is 3.01. The van der Waals surface area contributed by atoms with Crippen LogP contribution >= 0.6 is 0 Å². The molecular weight excluding hydrogens is 184 g/mol. The van der Waals surface area contributed by atoms with Crippen LogP contribution < -0.4 is 5.32 Å². The summed E-state index contributed by atoms with van der Waals surface area (Å²) in [5.41, 5.74) is 0. The first-order valence-electron chi connectivity index (χ1n) is 6.68. The summed E-state index contributed by atoms with van der Waals surface area (Å²) >= 11 is 0. The normalized spacial score (nSPS) is 43.2. The van der Waals surface area contributed by atoms with E-state index in [1.807, 2.05) is 0 Å². The standard InChI is InChI=1S/C13H24N2/c1-14-13(9-3-4-9)10-7-11-5-6-12(8-10)15(11)2/h9-14H,3-8H2,1-2H3. The Bertz CT molecular complexity index is 223. The van der Waals surface area contributed by atoms with Gasteiger partial charge in [0.05, 0.1) is 0 Å². The molecule has 3 atom stereocenters. The number of hydrogen-bond acceptors (Lipinski definition) is 2. The van der Waals surface area contributed by atoms with E-state index < -0.39 is 0 Å². The zero-order valence-electron chi connectivity index (χ0n) is 10.1. The highest BCUT2D eigenvalue weighted by Crippen LogP contribution is 2.44. The molecule has 2 heteroatoms. The number of nitrogens with zero attached hydrogens (tertiary/aromatic N) is 1. The van der Waals surface area contributed by atoms with Gasteiger partial charge in [0.1, 0.15) is 0 Å². The molecule has 0 amide bonds. The van der Waals surface area contributed by atoms with Crippen molar-refractivity contribution in [2.24, 2.45) is 11.8 Å². The molecule has 2 bridgehead atoms. The van der Waals surface area contributed by atoms with Gasteiger partial charge in [-0.1, -0.05) is 0 Å². The fourth-order valence-corrected chi connectivity index (χ4v) is 4.06. The molecule has 1 N–H and O–H groups in total. The third-order valence-electron chi connectivity index (χ3n) is 5.11. The fourth-order valence-electron chi connectivity index (χ4n) is 4.06. The quantitative estimate of drug-likeness (QED) is 0.761. The lowest BCUT2D eigenvalue weighted by atomic mass is 9.83. The molecule has 15 heavy (non-hydrogen) atoms. The van der Waals surface area contributed by atoms with Crippen molar-refractivity contribution in [3.05, 3.63) is 0 Å². The van der Waals surface area contributed by atoms with Gasteiger partial charge in [0.15, 0.2) is 0 Å². The summed E-state index contributed by atoms with van der Waals surface area (Å²) < 4.78 is 0. The van der Waals surface area contributed by atoms with Crippen LogP contribution in [-0.2, 0) is 0 Å². The van der Waals surface area contributed by atoms with E-state index in [0.29, 0.717) is 0 Å². The topological polar surface area (TPSA) is 15.3 Å². The summed E-state index contributed by atoms with van der Waals surface area (Å²) in [5.74, 6) is 1.99. The SMILES string of the molecule is CNC(C1CC1)C1CC2CCC(C1)N2C. The van der Waals surface area contributed by atoms with Gasteiger partial charge in [0, 0.05) is 18.1 Å². The summed E-state index contributed by atoms with van der Waals surface area (Å²) in [5, 5.41) is 3.60. The van der Waals surface area contributed by atoms with E-state index in [2.05, 4.69) is 24.3 Å². The third kappa shape index (κ3) is 1.72. The zero-order valence-corrected chi connectivity index (χ0v) is 10.1. The molecule has 3 rings (SSSR count). The Morgan fingerprint density at radius 2 is 1.60 bits per heavy atom. The second-order valence-corrected chi connectivity index (χ2v) is 5.93. The van der Waals surface area contributed by atoms with Crippen molar-refractivity contribution in [2.45, 2.75) is 56.7 Å². The lowest BCUT2D eigenvalue weighted by Crippen LogP contribution is -2.47. The molecule has 2 saturated heterocycles. The molecule has 0 aromatic rings. The van der Waals surface area contributed by atoms with Gasteiger partial charge in [0.25, 0.3) is 0 Å². The van der Waals surface area contributed by atoms with E-state index >= 15 is 0 Å².